The van der Waals surface area contributed by atoms with Crippen molar-refractivity contribution < 1.29 is 9.53 Å². The minimum atomic E-state index is -0.0404. The monoisotopic (exact) mass is 326 g/mol. The second kappa shape index (κ2) is 9.70. The van der Waals surface area contributed by atoms with Gasteiger partial charge in [-0.3, -0.25) is 4.79 Å². The molecule has 0 aromatic heterocycles. The highest BCUT2D eigenvalue weighted by atomic mass is 35.5. The van der Waals surface area contributed by atoms with Gasteiger partial charge in [0.15, 0.2) is 6.61 Å². The van der Waals surface area contributed by atoms with Gasteiger partial charge in [-0.25, -0.2) is 0 Å². The quantitative estimate of drug-likeness (QED) is 0.845. The molecule has 4 nitrogen and oxygen atoms in total. The normalized spacial score (nSPS) is 17.5. The molecule has 124 valence electrons. The molecule has 0 spiro atoms. The van der Waals surface area contributed by atoms with Gasteiger partial charge in [-0.2, -0.15) is 0 Å². The largest absolute Gasteiger partial charge is 0.483 e. The number of nitrogens with one attached hydrogen (secondary N) is 2. The summed E-state index contributed by atoms with van der Waals surface area (Å²) in [6.45, 7) is 7.03. The number of rotatable bonds is 6. The van der Waals surface area contributed by atoms with Gasteiger partial charge in [-0.15, -0.1) is 12.4 Å². The van der Waals surface area contributed by atoms with E-state index in [1.807, 2.05) is 32.0 Å². The lowest BCUT2D eigenvalue weighted by atomic mass is 9.96. The van der Waals surface area contributed by atoms with Crippen molar-refractivity contribution >= 4 is 18.3 Å². The highest BCUT2D eigenvalue weighted by Gasteiger charge is 2.13. The zero-order valence-corrected chi connectivity index (χ0v) is 14.3. The van der Waals surface area contributed by atoms with E-state index in [1.165, 1.54) is 12.8 Å². The lowest BCUT2D eigenvalue weighted by Crippen LogP contribution is -2.34. The first-order chi connectivity index (χ1) is 10.2. The Bertz CT molecular complexity index is 453. The Kier molecular flexibility index (Phi) is 8.28. The van der Waals surface area contributed by atoms with Crippen molar-refractivity contribution in [3.05, 3.63) is 29.3 Å². The number of carbonyl (C=O) groups is 1. The molecular formula is C17H27ClN2O2. The summed E-state index contributed by atoms with van der Waals surface area (Å²) < 4.78 is 5.65. The molecule has 1 amide bonds. The zero-order valence-electron chi connectivity index (χ0n) is 13.5. The molecule has 2 rings (SSSR count). The van der Waals surface area contributed by atoms with E-state index in [4.69, 9.17) is 4.74 Å². The van der Waals surface area contributed by atoms with Crippen LogP contribution in [0.3, 0.4) is 0 Å². The summed E-state index contributed by atoms with van der Waals surface area (Å²) >= 11 is 0. The Labute approximate surface area is 139 Å². The van der Waals surface area contributed by atoms with Crippen molar-refractivity contribution in [1.29, 1.82) is 0 Å². The van der Waals surface area contributed by atoms with Gasteiger partial charge in [-0.1, -0.05) is 18.2 Å². The van der Waals surface area contributed by atoms with Gasteiger partial charge in [0.25, 0.3) is 5.91 Å². The van der Waals surface area contributed by atoms with Gasteiger partial charge in [0.05, 0.1) is 0 Å². The Hall–Kier alpha value is -1.26. The van der Waals surface area contributed by atoms with Crippen molar-refractivity contribution in [2.24, 2.45) is 5.92 Å². The smallest absolute Gasteiger partial charge is 0.257 e. The molecule has 0 saturated carbocycles. The molecule has 1 unspecified atom stereocenters. The number of carbonyl (C=O) groups excluding carboxylic acids is 1. The summed E-state index contributed by atoms with van der Waals surface area (Å²) in [7, 11) is 0. The van der Waals surface area contributed by atoms with Crippen LogP contribution in [0.4, 0.5) is 0 Å². The average molecular weight is 327 g/mol. The van der Waals surface area contributed by atoms with Crippen LogP contribution in [0.25, 0.3) is 0 Å². The number of piperidine rings is 1. The molecule has 1 heterocycles. The molecule has 1 atom stereocenters. The summed E-state index contributed by atoms with van der Waals surface area (Å²) in [6.07, 6.45) is 3.55. The van der Waals surface area contributed by atoms with Crippen LogP contribution in [0.15, 0.2) is 18.2 Å². The summed E-state index contributed by atoms with van der Waals surface area (Å²) in [5.74, 6) is 1.48. The Morgan fingerprint density at radius 3 is 2.73 bits per heavy atom. The number of benzene rings is 1. The summed E-state index contributed by atoms with van der Waals surface area (Å²) in [5, 5.41) is 6.34. The van der Waals surface area contributed by atoms with Crippen LogP contribution < -0.4 is 15.4 Å². The molecule has 0 radical (unpaired) electrons. The van der Waals surface area contributed by atoms with Gasteiger partial charge in [-0.05, 0) is 63.2 Å². The van der Waals surface area contributed by atoms with Crippen molar-refractivity contribution in [2.75, 3.05) is 26.2 Å². The molecule has 5 heteroatoms. The zero-order chi connectivity index (χ0) is 15.1. The first-order valence-electron chi connectivity index (χ1n) is 7.83. The topological polar surface area (TPSA) is 50.4 Å². The first kappa shape index (κ1) is 18.8. The van der Waals surface area contributed by atoms with Crippen LogP contribution in [0.1, 0.15) is 30.4 Å². The van der Waals surface area contributed by atoms with Crippen LogP contribution in [0.2, 0.25) is 0 Å². The van der Waals surface area contributed by atoms with Crippen LogP contribution >= 0.6 is 12.4 Å². The third-order valence-corrected chi connectivity index (χ3v) is 4.03. The molecule has 1 saturated heterocycles. The standard InChI is InChI=1S/C17H26N2O2.ClH/c1-13-5-3-6-14(2)17(13)21-12-16(20)19-10-8-15-7-4-9-18-11-15;/h3,5-6,15,18H,4,7-12H2,1-2H3,(H,19,20);1H. The van der Waals surface area contributed by atoms with Gasteiger partial charge in [0.2, 0.25) is 0 Å². The van der Waals surface area contributed by atoms with E-state index >= 15 is 0 Å². The molecule has 0 bridgehead atoms. The van der Waals surface area contributed by atoms with E-state index in [0.717, 1.165) is 42.9 Å². The molecule has 1 aliphatic rings. The number of halogens is 1. The van der Waals surface area contributed by atoms with E-state index in [1.54, 1.807) is 0 Å². The van der Waals surface area contributed by atoms with Gasteiger partial charge >= 0.3 is 0 Å². The number of hydrogen-bond acceptors (Lipinski definition) is 3. The molecule has 1 aromatic carbocycles. The van der Waals surface area contributed by atoms with Crippen molar-refractivity contribution in [1.82, 2.24) is 10.6 Å². The van der Waals surface area contributed by atoms with Gasteiger partial charge < -0.3 is 15.4 Å². The minimum Gasteiger partial charge on any atom is -0.483 e. The maximum atomic E-state index is 11.8. The van der Waals surface area contributed by atoms with E-state index in [9.17, 15) is 4.79 Å². The van der Waals surface area contributed by atoms with Crippen LogP contribution in [-0.2, 0) is 4.79 Å². The maximum Gasteiger partial charge on any atom is 0.257 e. The van der Waals surface area contributed by atoms with E-state index in [0.29, 0.717) is 5.92 Å². The fourth-order valence-electron chi connectivity index (χ4n) is 2.80. The SMILES string of the molecule is Cc1cccc(C)c1OCC(=O)NCCC1CCCNC1.Cl. The summed E-state index contributed by atoms with van der Waals surface area (Å²) in [5.41, 5.74) is 2.13. The fraction of sp³-hybridized carbons (Fsp3) is 0.588. The molecule has 1 aromatic rings. The maximum absolute atomic E-state index is 11.8. The predicted molar refractivity (Wildman–Crippen MR) is 91.9 cm³/mol. The average Bonchev–Trinajstić information content (AvgIpc) is 2.48. The first-order valence-corrected chi connectivity index (χ1v) is 7.83. The second-order valence-electron chi connectivity index (χ2n) is 5.86. The third-order valence-electron chi connectivity index (χ3n) is 4.03. The minimum absolute atomic E-state index is 0. The molecule has 1 fully saturated rings. The second-order valence-corrected chi connectivity index (χ2v) is 5.86. The molecule has 0 aliphatic carbocycles. The molecule has 2 N–H and O–H groups in total. The highest BCUT2D eigenvalue weighted by Crippen LogP contribution is 2.22. The molecule has 1 aliphatic heterocycles. The molecule has 22 heavy (non-hydrogen) atoms. The van der Waals surface area contributed by atoms with Gasteiger partial charge in [0, 0.05) is 6.54 Å². The third kappa shape index (κ3) is 5.85. The van der Waals surface area contributed by atoms with E-state index in [-0.39, 0.29) is 24.9 Å². The van der Waals surface area contributed by atoms with Crippen molar-refractivity contribution in [3.8, 4) is 5.75 Å². The van der Waals surface area contributed by atoms with Crippen LogP contribution in [-0.4, -0.2) is 32.1 Å². The number of para-hydroxylation sites is 1. The highest BCUT2D eigenvalue weighted by molar-refractivity contribution is 5.85. The Morgan fingerprint density at radius 1 is 1.36 bits per heavy atom. The number of aryl methyl sites for hydroxylation is 2. The van der Waals surface area contributed by atoms with Crippen LogP contribution in [0.5, 0.6) is 5.75 Å². The lowest BCUT2D eigenvalue weighted by Gasteiger charge is -2.22. The molecular weight excluding hydrogens is 300 g/mol. The number of hydrogen-bond donors (Lipinski definition) is 2. The summed E-state index contributed by atoms with van der Waals surface area (Å²) in [4.78, 5) is 11.8. The Morgan fingerprint density at radius 2 is 2.09 bits per heavy atom. The number of ether oxygens (including phenoxy) is 1. The van der Waals surface area contributed by atoms with E-state index < -0.39 is 0 Å². The fourth-order valence-corrected chi connectivity index (χ4v) is 2.80. The summed E-state index contributed by atoms with van der Waals surface area (Å²) in [6, 6.07) is 5.99. The van der Waals surface area contributed by atoms with Crippen molar-refractivity contribution in [3.63, 3.8) is 0 Å². The van der Waals surface area contributed by atoms with E-state index in [2.05, 4.69) is 10.6 Å². The van der Waals surface area contributed by atoms with Crippen LogP contribution in [0, 0.1) is 19.8 Å². The lowest BCUT2D eigenvalue weighted by molar-refractivity contribution is -0.123. The van der Waals surface area contributed by atoms with Gasteiger partial charge in [0.1, 0.15) is 5.75 Å². The van der Waals surface area contributed by atoms with Crippen molar-refractivity contribution in [2.45, 2.75) is 33.1 Å². The predicted octanol–water partition coefficient (Wildman–Crippen LogP) is 2.61. The number of amides is 1. The Balaban J connectivity index is 0.00000242.